The predicted octanol–water partition coefficient (Wildman–Crippen LogP) is 3.21. The van der Waals surface area contributed by atoms with Crippen molar-refractivity contribution in [1.29, 1.82) is 0 Å². The number of hydrogen-bond donors (Lipinski definition) is 5. The summed E-state index contributed by atoms with van der Waals surface area (Å²) in [5, 5.41) is 18.5. The van der Waals surface area contributed by atoms with Gasteiger partial charge in [-0.25, -0.2) is 4.39 Å². The van der Waals surface area contributed by atoms with Gasteiger partial charge in [0, 0.05) is 81.3 Å². The molecule has 5 amide bonds. The SMILES string of the molecule is Cc1[nH]c(/C=C2\C(=O)Nc3ccc(F)cc32)c(C)c1C(=O)NCCCN1CCN(C(=O)CCCCC(=O)N[C@H](C(=O)N2CC[C@@H](O)C2)C(C)(C)C)CC1. The predicted molar refractivity (Wildman–Crippen MR) is 200 cm³/mol. The summed E-state index contributed by atoms with van der Waals surface area (Å²) in [7, 11) is 0. The average Bonchev–Trinajstić information content (AvgIpc) is 3.76. The van der Waals surface area contributed by atoms with Crippen molar-refractivity contribution < 1.29 is 33.5 Å². The number of unbranched alkanes of at least 4 members (excludes halogenated alkanes) is 1. The molecule has 0 radical (unpaired) electrons. The molecule has 13 nitrogen and oxygen atoms in total. The minimum absolute atomic E-state index is 0.0739. The fourth-order valence-electron chi connectivity index (χ4n) is 7.25. The first-order chi connectivity index (χ1) is 25.1. The van der Waals surface area contributed by atoms with Crippen LogP contribution in [0.25, 0.3) is 11.6 Å². The Bertz CT molecular complexity index is 1740. The summed E-state index contributed by atoms with van der Waals surface area (Å²) >= 11 is 0. The Kier molecular flexibility index (Phi) is 12.8. The van der Waals surface area contributed by atoms with Gasteiger partial charge in [-0.05, 0) is 81.3 Å². The van der Waals surface area contributed by atoms with Gasteiger partial charge in [0.05, 0.1) is 17.2 Å². The van der Waals surface area contributed by atoms with Crippen LogP contribution in [0, 0.1) is 25.1 Å². The van der Waals surface area contributed by atoms with Gasteiger partial charge >= 0.3 is 0 Å². The number of fused-ring (bicyclic) bond motifs is 1. The molecule has 4 heterocycles. The summed E-state index contributed by atoms with van der Waals surface area (Å²) in [4.78, 5) is 73.4. The number of rotatable bonds is 13. The zero-order chi connectivity index (χ0) is 38.4. The van der Waals surface area contributed by atoms with Crippen molar-refractivity contribution in [3.05, 3.63) is 52.1 Å². The minimum Gasteiger partial charge on any atom is -0.391 e. The molecule has 2 fully saturated rings. The molecule has 5 N–H and O–H groups in total. The molecule has 2 saturated heterocycles. The van der Waals surface area contributed by atoms with E-state index in [0.29, 0.717) is 91.2 Å². The first-order valence-corrected chi connectivity index (χ1v) is 18.7. The summed E-state index contributed by atoms with van der Waals surface area (Å²) in [6.07, 6.45) is 4.15. The van der Waals surface area contributed by atoms with Crippen LogP contribution < -0.4 is 16.0 Å². The maximum atomic E-state index is 13.9. The van der Waals surface area contributed by atoms with Crippen LogP contribution in [0.15, 0.2) is 18.2 Å². The molecular weight excluding hydrogens is 681 g/mol. The van der Waals surface area contributed by atoms with Crippen LogP contribution in [0.4, 0.5) is 10.1 Å². The van der Waals surface area contributed by atoms with Crippen molar-refractivity contribution in [2.45, 2.75) is 85.3 Å². The first kappa shape index (κ1) is 39.6. The number of aromatic nitrogens is 1. The van der Waals surface area contributed by atoms with E-state index in [-0.39, 0.29) is 42.5 Å². The molecule has 0 saturated carbocycles. The number of anilines is 1. The number of aromatic amines is 1. The summed E-state index contributed by atoms with van der Waals surface area (Å²) in [5.74, 6) is -1.28. The topological polar surface area (TPSA) is 167 Å². The Morgan fingerprint density at radius 3 is 2.42 bits per heavy atom. The van der Waals surface area contributed by atoms with Crippen LogP contribution in [-0.4, -0.2) is 119 Å². The number of nitrogens with zero attached hydrogens (tertiary/aromatic N) is 3. The monoisotopic (exact) mass is 735 g/mol. The molecule has 0 bridgehead atoms. The number of aliphatic hydroxyl groups excluding tert-OH is 1. The number of H-pyrrole nitrogens is 1. The Balaban J connectivity index is 0.982. The second-order valence-electron chi connectivity index (χ2n) is 15.5. The Morgan fingerprint density at radius 2 is 1.74 bits per heavy atom. The molecule has 14 heteroatoms. The molecule has 2 aromatic rings. The van der Waals surface area contributed by atoms with Gasteiger partial charge in [0.25, 0.3) is 11.8 Å². The molecule has 3 aliphatic heterocycles. The number of likely N-dealkylation sites (tertiary alicyclic amines) is 1. The van der Waals surface area contributed by atoms with E-state index in [2.05, 4.69) is 25.8 Å². The smallest absolute Gasteiger partial charge is 0.256 e. The number of halogens is 1. The highest BCUT2D eigenvalue weighted by atomic mass is 19.1. The molecule has 5 rings (SSSR count). The lowest BCUT2D eigenvalue weighted by Gasteiger charge is -2.35. The Labute approximate surface area is 310 Å². The number of piperazine rings is 1. The molecule has 3 aliphatic rings. The Hall–Kier alpha value is -4.56. The standard InChI is InChI=1S/C39H54FN7O6/c1-24-31(22-29-28-21-26(40)11-12-30(28)43-36(29)51)42-25(2)34(24)37(52)41-14-8-15-45-17-19-46(20-18-45)33(50)10-7-6-9-32(49)44-35(39(3,4)5)38(53)47-16-13-27(48)23-47/h11-12,21-22,27,35,42,48H,6-10,13-20,23H2,1-5H3,(H,41,52)(H,43,51)(H,44,49)/b29-22-/t27-,35-/m1/s1. The van der Waals surface area contributed by atoms with Crippen molar-refractivity contribution >= 4 is 46.9 Å². The number of carbonyl (C=O) groups excluding carboxylic acids is 5. The van der Waals surface area contributed by atoms with E-state index in [1.165, 1.54) is 18.2 Å². The third kappa shape index (κ3) is 9.91. The molecule has 2 atom stereocenters. The van der Waals surface area contributed by atoms with Gasteiger partial charge in [-0.15, -0.1) is 0 Å². The largest absolute Gasteiger partial charge is 0.391 e. The van der Waals surface area contributed by atoms with Crippen LogP contribution in [-0.2, 0) is 19.2 Å². The second kappa shape index (κ2) is 17.1. The third-order valence-corrected chi connectivity index (χ3v) is 10.4. The van der Waals surface area contributed by atoms with Crippen molar-refractivity contribution in [1.82, 2.24) is 30.3 Å². The normalized spacial score (nSPS) is 19.0. The van der Waals surface area contributed by atoms with Crippen molar-refractivity contribution in [3.63, 3.8) is 0 Å². The maximum absolute atomic E-state index is 13.9. The minimum atomic E-state index is -0.680. The summed E-state index contributed by atoms with van der Waals surface area (Å²) in [6.45, 7) is 14.1. The number of amides is 5. The summed E-state index contributed by atoms with van der Waals surface area (Å²) < 4.78 is 13.9. The van der Waals surface area contributed by atoms with Crippen molar-refractivity contribution in [3.8, 4) is 0 Å². The molecule has 1 aromatic carbocycles. The fraction of sp³-hybridized carbons (Fsp3) is 0.564. The summed E-state index contributed by atoms with van der Waals surface area (Å²) in [6, 6.07) is 3.47. The van der Waals surface area contributed by atoms with Gasteiger partial charge in [0.2, 0.25) is 17.7 Å². The van der Waals surface area contributed by atoms with E-state index in [0.717, 1.165) is 26.1 Å². The molecule has 0 unspecified atom stereocenters. The lowest BCUT2D eigenvalue weighted by molar-refractivity contribution is -0.138. The van der Waals surface area contributed by atoms with E-state index in [4.69, 9.17) is 0 Å². The van der Waals surface area contributed by atoms with Crippen LogP contribution in [0.1, 0.15) is 92.2 Å². The van der Waals surface area contributed by atoms with E-state index in [9.17, 15) is 33.5 Å². The number of benzene rings is 1. The van der Waals surface area contributed by atoms with Crippen LogP contribution in [0.2, 0.25) is 0 Å². The highest BCUT2D eigenvalue weighted by Crippen LogP contribution is 2.34. The lowest BCUT2D eigenvalue weighted by atomic mass is 9.85. The van der Waals surface area contributed by atoms with E-state index in [1.54, 1.807) is 17.9 Å². The van der Waals surface area contributed by atoms with Gasteiger partial charge in [0.1, 0.15) is 11.9 Å². The number of nitrogens with one attached hydrogen (secondary N) is 4. The van der Waals surface area contributed by atoms with Gasteiger partial charge < -0.3 is 35.8 Å². The van der Waals surface area contributed by atoms with Crippen LogP contribution in [0.5, 0.6) is 0 Å². The zero-order valence-corrected chi connectivity index (χ0v) is 31.6. The summed E-state index contributed by atoms with van der Waals surface area (Å²) in [5.41, 5.74) is 3.40. The van der Waals surface area contributed by atoms with Crippen LogP contribution in [0.3, 0.4) is 0 Å². The van der Waals surface area contributed by atoms with Gasteiger partial charge in [-0.3, -0.25) is 28.9 Å². The molecule has 1 aromatic heterocycles. The fourth-order valence-corrected chi connectivity index (χ4v) is 7.25. The van der Waals surface area contributed by atoms with Crippen molar-refractivity contribution in [2.75, 3.05) is 57.7 Å². The number of carbonyl (C=O) groups is 5. The van der Waals surface area contributed by atoms with Crippen molar-refractivity contribution in [2.24, 2.45) is 5.41 Å². The highest BCUT2D eigenvalue weighted by molar-refractivity contribution is 6.35. The highest BCUT2D eigenvalue weighted by Gasteiger charge is 2.38. The second-order valence-corrected chi connectivity index (χ2v) is 15.5. The third-order valence-electron chi connectivity index (χ3n) is 10.4. The van der Waals surface area contributed by atoms with E-state index >= 15 is 0 Å². The number of hydrogen-bond acceptors (Lipinski definition) is 7. The first-order valence-electron chi connectivity index (χ1n) is 18.7. The van der Waals surface area contributed by atoms with Gasteiger partial charge in [-0.2, -0.15) is 0 Å². The van der Waals surface area contributed by atoms with Crippen LogP contribution >= 0.6 is 0 Å². The van der Waals surface area contributed by atoms with E-state index < -0.39 is 23.4 Å². The van der Waals surface area contributed by atoms with Gasteiger partial charge in [0.15, 0.2) is 0 Å². The number of β-amino-alcohol motifs (C(OH)–C–C–N with tert-alkyl or cyclic N) is 1. The quantitative estimate of drug-likeness (QED) is 0.156. The molecule has 53 heavy (non-hydrogen) atoms. The molecule has 288 valence electrons. The lowest BCUT2D eigenvalue weighted by Crippen LogP contribution is -2.54. The zero-order valence-electron chi connectivity index (χ0n) is 31.6. The Morgan fingerprint density at radius 1 is 1.02 bits per heavy atom. The van der Waals surface area contributed by atoms with Gasteiger partial charge in [-0.1, -0.05) is 20.8 Å². The number of aryl methyl sites for hydroxylation is 1. The molecule has 0 spiro atoms. The maximum Gasteiger partial charge on any atom is 0.256 e. The molecular formula is C39H54FN7O6. The number of aliphatic hydroxyl groups is 1. The average molecular weight is 736 g/mol. The molecule has 0 aliphatic carbocycles. The van der Waals surface area contributed by atoms with E-state index in [1.807, 2.05) is 32.6 Å².